The first-order valence-electron chi connectivity index (χ1n) is 10.2. The molecule has 32 heavy (non-hydrogen) atoms. The van der Waals surface area contributed by atoms with E-state index in [0.717, 1.165) is 6.20 Å². The van der Waals surface area contributed by atoms with Gasteiger partial charge in [0, 0.05) is 26.1 Å². The Hall–Kier alpha value is -3.24. The maximum absolute atomic E-state index is 14.5. The quantitative estimate of drug-likeness (QED) is 0.748. The Morgan fingerprint density at radius 3 is 2.69 bits per heavy atom. The number of ketones is 2. The molecule has 1 aromatic carbocycles. The van der Waals surface area contributed by atoms with E-state index in [1.165, 1.54) is 17.9 Å². The van der Waals surface area contributed by atoms with E-state index >= 15 is 0 Å². The van der Waals surface area contributed by atoms with E-state index in [9.17, 15) is 23.5 Å². The van der Waals surface area contributed by atoms with Crippen molar-refractivity contribution in [3.63, 3.8) is 0 Å². The molecule has 1 aromatic heterocycles. The van der Waals surface area contributed by atoms with E-state index in [2.05, 4.69) is 9.97 Å². The number of hydrazine groups is 1. The van der Waals surface area contributed by atoms with Crippen molar-refractivity contribution in [2.24, 2.45) is 0 Å². The van der Waals surface area contributed by atoms with Gasteiger partial charge in [-0.3, -0.25) is 14.6 Å². The van der Waals surface area contributed by atoms with Gasteiger partial charge in [-0.1, -0.05) is 18.2 Å². The van der Waals surface area contributed by atoms with Crippen LogP contribution in [0, 0.1) is 11.6 Å². The predicted octanol–water partition coefficient (Wildman–Crippen LogP) is 1.77. The lowest BCUT2D eigenvalue weighted by molar-refractivity contribution is -0.127. The Labute approximate surface area is 183 Å². The highest BCUT2D eigenvalue weighted by Crippen LogP contribution is 2.34. The standard InChI is InChI=1S/C22H23F2N5O3/c1-13(30)17-9-18(27(2)29(17)11-14-5-3-4-6-15(14)23)21-25-10-16(24)22(26-21)28-8-7-19(31)20(32)12-28/h3-6,9-10,18-19,31H,7-8,11-12H2,1-2H3/t18?,19-/m0/s1. The number of nitrogens with zero attached hydrogens (tertiary/aromatic N) is 5. The third-order valence-corrected chi connectivity index (χ3v) is 5.71. The minimum atomic E-state index is -1.05. The molecule has 1 saturated heterocycles. The first-order valence-corrected chi connectivity index (χ1v) is 10.2. The van der Waals surface area contributed by atoms with Gasteiger partial charge in [-0.25, -0.2) is 23.8 Å². The second kappa shape index (κ2) is 8.71. The van der Waals surface area contributed by atoms with Gasteiger partial charge in [0.05, 0.1) is 25.0 Å². The van der Waals surface area contributed by atoms with Gasteiger partial charge in [0.25, 0.3) is 0 Å². The summed E-state index contributed by atoms with van der Waals surface area (Å²) in [6, 6.07) is 5.71. The summed E-state index contributed by atoms with van der Waals surface area (Å²) in [4.78, 5) is 34.1. The van der Waals surface area contributed by atoms with Gasteiger partial charge >= 0.3 is 0 Å². The largest absolute Gasteiger partial charge is 0.385 e. The summed E-state index contributed by atoms with van der Waals surface area (Å²) >= 11 is 0. The van der Waals surface area contributed by atoms with Crippen LogP contribution in [0.25, 0.3) is 0 Å². The molecule has 2 atom stereocenters. The molecular formula is C22H23F2N5O3. The van der Waals surface area contributed by atoms with Crippen molar-refractivity contribution in [2.75, 3.05) is 25.0 Å². The summed E-state index contributed by atoms with van der Waals surface area (Å²) in [7, 11) is 1.71. The molecule has 8 nitrogen and oxygen atoms in total. The molecule has 4 rings (SSSR count). The molecule has 3 heterocycles. The number of likely N-dealkylation sites (N-methyl/N-ethyl adjacent to an activating group) is 1. The maximum atomic E-state index is 14.5. The summed E-state index contributed by atoms with van der Waals surface area (Å²) < 4.78 is 28.7. The van der Waals surface area contributed by atoms with Crippen LogP contribution in [0.2, 0.25) is 0 Å². The summed E-state index contributed by atoms with van der Waals surface area (Å²) in [5, 5.41) is 13.0. The lowest BCUT2D eigenvalue weighted by Gasteiger charge is -2.32. The summed E-state index contributed by atoms with van der Waals surface area (Å²) in [5.41, 5.74) is 0.768. The lowest BCUT2D eigenvalue weighted by Crippen LogP contribution is -2.44. The van der Waals surface area contributed by atoms with Gasteiger partial charge in [-0.05, 0) is 18.6 Å². The zero-order chi connectivity index (χ0) is 23.0. The molecule has 2 aliphatic rings. The third kappa shape index (κ3) is 4.11. The van der Waals surface area contributed by atoms with Gasteiger partial charge in [-0.15, -0.1) is 0 Å². The van der Waals surface area contributed by atoms with E-state index in [0.29, 0.717) is 11.3 Å². The smallest absolute Gasteiger partial charge is 0.183 e. The minimum Gasteiger partial charge on any atom is -0.385 e. The summed E-state index contributed by atoms with van der Waals surface area (Å²) in [6.07, 6.45) is 1.82. The number of carbonyl (C=O) groups excluding carboxylic acids is 2. The first kappa shape index (κ1) is 22.0. The molecule has 2 aliphatic heterocycles. The highest BCUT2D eigenvalue weighted by molar-refractivity contribution is 5.93. The molecule has 10 heteroatoms. The van der Waals surface area contributed by atoms with Crippen LogP contribution in [0.1, 0.15) is 30.8 Å². The molecular weight excluding hydrogens is 420 g/mol. The van der Waals surface area contributed by atoms with Crippen LogP contribution >= 0.6 is 0 Å². The number of rotatable bonds is 5. The number of aliphatic hydroxyl groups excluding tert-OH is 1. The average Bonchev–Trinajstić information content (AvgIpc) is 3.09. The van der Waals surface area contributed by atoms with Crippen molar-refractivity contribution in [1.82, 2.24) is 20.0 Å². The van der Waals surface area contributed by atoms with Gasteiger partial charge in [0.1, 0.15) is 18.0 Å². The fourth-order valence-electron chi connectivity index (χ4n) is 3.92. The van der Waals surface area contributed by atoms with Crippen molar-refractivity contribution in [3.8, 4) is 0 Å². The fraction of sp³-hybridized carbons (Fsp3) is 0.364. The average molecular weight is 443 g/mol. The van der Waals surface area contributed by atoms with Crippen molar-refractivity contribution in [1.29, 1.82) is 0 Å². The van der Waals surface area contributed by atoms with Crippen molar-refractivity contribution >= 4 is 17.4 Å². The maximum Gasteiger partial charge on any atom is 0.183 e. The number of Topliss-reactive ketones (excluding diaryl/α,β-unsaturated/α-hetero) is 2. The van der Waals surface area contributed by atoms with E-state index in [1.807, 2.05) is 0 Å². The number of carbonyl (C=O) groups is 2. The highest BCUT2D eigenvalue weighted by atomic mass is 19.1. The Bertz CT molecular complexity index is 1090. The number of benzene rings is 1. The molecule has 1 N–H and O–H groups in total. The minimum absolute atomic E-state index is 0.0334. The molecule has 0 aliphatic carbocycles. The van der Waals surface area contributed by atoms with Gasteiger partial charge in [0.15, 0.2) is 29.0 Å². The lowest BCUT2D eigenvalue weighted by atomic mass is 10.1. The molecule has 2 aromatic rings. The highest BCUT2D eigenvalue weighted by Gasteiger charge is 2.35. The molecule has 0 saturated carbocycles. The predicted molar refractivity (Wildman–Crippen MR) is 111 cm³/mol. The Morgan fingerprint density at radius 2 is 2.00 bits per heavy atom. The number of allylic oxidation sites excluding steroid dienone is 1. The SMILES string of the molecule is CC(=O)C1=CC(c2ncc(F)c(N3CC[C@H](O)C(=O)C3)n2)N(C)N1Cc1ccccc1F. The zero-order valence-corrected chi connectivity index (χ0v) is 17.7. The topological polar surface area (TPSA) is 89.9 Å². The van der Waals surface area contributed by atoms with Crippen molar-refractivity contribution in [2.45, 2.75) is 32.0 Å². The van der Waals surface area contributed by atoms with E-state index in [4.69, 9.17) is 0 Å². The summed E-state index contributed by atoms with van der Waals surface area (Å²) in [5.74, 6) is -1.48. The Kier molecular flexibility index (Phi) is 5.98. The van der Waals surface area contributed by atoms with Crippen molar-refractivity contribution < 1.29 is 23.5 Å². The number of hydrogen-bond donors (Lipinski definition) is 1. The number of aliphatic hydroxyl groups is 1. The second-order valence-corrected chi connectivity index (χ2v) is 7.87. The Balaban J connectivity index is 1.64. The number of halogens is 2. The Morgan fingerprint density at radius 1 is 1.25 bits per heavy atom. The van der Waals surface area contributed by atoms with Crippen LogP contribution in [-0.2, 0) is 16.1 Å². The number of anilines is 1. The zero-order valence-electron chi connectivity index (χ0n) is 17.7. The molecule has 0 amide bonds. The van der Waals surface area contributed by atoms with Crippen molar-refractivity contribution in [3.05, 3.63) is 65.3 Å². The monoisotopic (exact) mass is 443 g/mol. The van der Waals surface area contributed by atoms with E-state index in [1.54, 1.807) is 41.3 Å². The molecule has 0 radical (unpaired) electrons. The van der Waals surface area contributed by atoms with Crippen LogP contribution in [0.3, 0.4) is 0 Å². The molecule has 1 unspecified atom stereocenters. The van der Waals surface area contributed by atoms with E-state index < -0.39 is 23.7 Å². The van der Waals surface area contributed by atoms with E-state index in [-0.39, 0.29) is 49.3 Å². The fourth-order valence-corrected chi connectivity index (χ4v) is 3.92. The number of hydrogen-bond acceptors (Lipinski definition) is 8. The normalized spacial score (nSPS) is 21.8. The van der Waals surface area contributed by atoms with Crippen LogP contribution in [0.4, 0.5) is 14.6 Å². The number of piperidine rings is 1. The molecule has 0 spiro atoms. The second-order valence-electron chi connectivity index (χ2n) is 7.87. The summed E-state index contributed by atoms with van der Waals surface area (Å²) in [6.45, 7) is 1.66. The van der Waals surface area contributed by atoms with Crippen LogP contribution < -0.4 is 4.90 Å². The van der Waals surface area contributed by atoms with Gasteiger partial charge in [-0.2, -0.15) is 0 Å². The van der Waals surface area contributed by atoms with Crippen LogP contribution in [0.15, 0.2) is 42.2 Å². The molecule has 0 bridgehead atoms. The van der Waals surface area contributed by atoms with Gasteiger partial charge in [0.2, 0.25) is 0 Å². The molecule has 168 valence electrons. The first-order chi connectivity index (χ1) is 15.3. The third-order valence-electron chi connectivity index (χ3n) is 5.71. The number of aromatic nitrogens is 2. The van der Waals surface area contributed by atoms with Crippen LogP contribution in [0.5, 0.6) is 0 Å². The van der Waals surface area contributed by atoms with Gasteiger partial charge < -0.3 is 10.0 Å². The molecule has 1 fully saturated rings. The van der Waals surface area contributed by atoms with Crippen LogP contribution in [-0.4, -0.2) is 62.9 Å².